The van der Waals surface area contributed by atoms with Crippen LogP contribution in [0.4, 0.5) is 8.78 Å². The number of hydrogen-bond acceptors (Lipinski definition) is 3. The van der Waals surface area contributed by atoms with Crippen molar-refractivity contribution in [2.45, 2.75) is 12.8 Å². The summed E-state index contributed by atoms with van der Waals surface area (Å²) in [5.41, 5.74) is -0.0525. The molecule has 1 rings (SSSR count). The second-order valence-corrected chi connectivity index (χ2v) is 4.32. The molecule has 7 heteroatoms. The second kappa shape index (κ2) is 5.72. The summed E-state index contributed by atoms with van der Waals surface area (Å²) < 4.78 is 29.7. The summed E-state index contributed by atoms with van der Waals surface area (Å²) >= 11 is 7.48. The van der Waals surface area contributed by atoms with Crippen molar-refractivity contribution < 1.29 is 18.3 Å². The van der Waals surface area contributed by atoms with Crippen LogP contribution in [0.3, 0.4) is 0 Å². The number of halogens is 4. The molecular weight excluding hydrogens is 354 g/mol. The van der Waals surface area contributed by atoms with Crippen LogP contribution in [0, 0.1) is 3.57 Å². The van der Waals surface area contributed by atoms with Gasteiger partial charge >= 0.3 is 5.97 Å². The highest BCUT2D eigenvalue weighted by atomic mass is 127. The van der Waals surface area contributed by atoms with E-state index in [4.69, 9.17) is 11.6 Å². The van der Waals surface area contributed by atoms with E-state index in [1.54, 1.807) is 22.6 Å². The number of esters is 1. The van der Waals surface area contributed by atoms with Crippen molar-refractivity contribution in [1.29, 1.82) is 0 Å². The zero-order valence-corrected chi connectivity index (χ0v) is 11.1. The van der Waals surface area contributed by atoms with E-state index < -0.39 is 12.4 Å². The smallest absolute Gasteiger partial charge is 0.310 e. The first kappa shape index (κ1) is 13.6. The topological polar surface area (TPSA) is 39.2 Å². The lowest BCUT2D eigenvalue weighted by atomic mass is 10.1. The average Bonchev–Trinajstić information content (AvgIpc) is 2.23. The molecule has 88 valence electrons. The number of hydrogen-bond donors (Lipinski definition) is 0. The Hall–Kier alpha value is -0.500. The van der Waals surface area contributed by atoms with Crippen LogP contribution < -0.4 is 0 Å². The third-order valence-electron chi connectivity index (χ3n) is 1.85. The van der Waals surface area contributed by atoms with Crippen LogP contribution in [-0.2, 0) is 16.0 Å². The first-order valence-corrected chi connectivity index (χ1v) is 5.60. The Labute approximate surface area is 109 Å². The van der Waals surface area contributed by atoms with Crippen LogP contribution in [-0.4, -0.2) is 18.1 Å². The highest BCUT2D eigenvalue weighted by Crippen LogP contribution is 2.29. The third kappa shape index (κ3) is 3.00. The first-order valence-electron chi connectivity index (χ1n) is 4.15. The molecule has 0 aliphatic carbocycles. The van der Waals surface area contributed by atoms with Crippen molar-refractivity contribution in [3.8, 4) is 0 Å². The van der Waals surface area contributed by atoms with Gasteiger partial charge in [0.2, 0.25) is 0 Å². The predicted octanol–water partition coefficient (Wildman–Crippen LogP) is 2.99. The van der Waals surface area contributed by atoms with Gasteiger partial charge in [-0.3, -0.25) is 9.78 Å². The lowest BCUT2D eigenvalue weighted by Gasteiger charge is -2.09. The van der Waals surface area contributed by atoms with Gasteiger partial charge in [0.25, 0.3) is 6.43 Å². The maximum absolute atomic E-state index is 12.5. The fraction of sp³-hybridized carbons (Fsp3) is 0.333. The van der Waals surface area contributed by atoms with E-state index in [-0.39, 0.29) is 20.7 Å². The van der Waals surface area contributed by atoms with Gasteiger partial charge in [0.15, 0.2) is 0 Å². The maximum atomic E-state index is 12.5. The summed E-state index contributed by atoms with van der Waals surface area (Å²) in [6.45, 7) is 0. The molecule has 1 aromatic heterocycles. The van der Waals surface area contributed by atoms with Crippen molar-refractivity contribution in [2.75, 3.05) is 7.11 Å². The highest BCUT2D eigenvalue weighted by molar-refractivity contribution is 14.1. The Morgan fingerprint density at radius 1 is 1.69 bits per heavy atom. The minimum atomic E-state index is -2.69. The summed E-state index contributed by atoms with van der Waals surface area (Å²) in [4.78, 5) is 14.6. The van der Waals surface area contributed by atoms with Crippen LogP contribution in [0.5, 0.6) is 0 Å². The largest absolute Gasteiger partial charge is 0.469 e. The van der Waals surface area contributed by atoms with E-state index in [0.29, 0.717) is 5.56 Å². The van der Waals surface area contributed by atoms with E-state index in [1.165, 1.54) is 7.11 Å². The van der Waals surface area contributed by atoms with Crippen LogP contribution in [0.25, 0.3) is 0 Å². The van der Waals surface area contributed by atoms with E-state index in [0.717, 1.165) is 6.20 Å². The van der Waals surface area contributed by atoms with Gasteiger partial charge in [0.05, 0.1) is 18.6 Å². The Kier molecular flexibility index (Phi) is 4.85. The molecule has 0 N–H and O–H groups in total. The van der Waals surface area contributed by atoms with Gasteiger partial charge in [-0.1, -0.05) is 11.6 Å². The van der Waals surface area contributed by atoms with Crippen LogP contribution >= 0.6 is 34.2 Å². The lowest BCUT2D eigenvalue weighted by molar-refractivity contribution is -0.139. The van der Waals surface area contributed by atoms with E-state index >= 15 is 0 Å². The van der Waals surface area contributed by atoms with E-state index in [1.807, 2.05) is 0 Å². The normalized spacial score (nSPS) is 10.6. The van der Waals surface area contributed by atoms with Gasteiger partial charge in [-0.15, -0.1) is 0 Å². The van der Waals surface area contributed by atoms with Crippen LogP contribution in [0.2, 0.25) is 5.02 Å². The highest BCUT2D eigenvalue weighted by Gasteiger charge is 2.20. The lowest BCUT2D eigenvalue weighted by Crippen LogP contribution is -2.09. The molecule has 0 fully saturated rings. The Morgan fingerprint density at radius 3 is 2.81 bits per heavy atom. The molecule has 1 aromatic rings. The van der Waals surface area contributed by atoms with Gasteiger partial charge in [-0.05, 0) is 28.2 Å². The number of rotatable bonds is 3. The molecule has 0 saturated heterocycles. The fourth-order valence-electron chi connectivity index (χ4n) is 1.05. The zero-order chi connectivity index (χ0) is 12.3. The summed E-state index contributed by atoms with van der Waals surface area (Å²) in [5.74, 6) is -0.536. The molecule has 16 heavy (non-hydrogen) atoms. The quantitative estimate of drug-likeness (QED) is 0.614. The molecular formula is C9H7ClF2INO2. The maximum Gasteiger partial charge on any atom is 0.310 e. The standard InChI is InChI=1S/C9H7ClF2INO2/c1-16-6(15)2-4-5(10)3-14-8(7(4)13)9(11)12/h3,9H,2H2,1H3. The fourth-order valence-corrected chi connectivity index (χ4v) is 2.28. The molecule has 0 spiro atoms. The van der Waals surface area contributed by atoms with E-state index in [2.05, 4.69) is 9.72 Å². The Bertz CT molecular complexity index is 415. The summed E-state index contributed by atoms with van der Waals surface area (Å²) in [6, 6.07) is 0. The zero-order valence-electron chi connectivity index (χ0n) is 8.14. The van der Waals surface area contributed by atoms with Gasteiger partial charge in [0.1, 0.15) is 5.69 Å². The molecule has 0 aliphatic rings. The summed E-state index contributed by atoms with van der Waals surface area (Å²) in [7, 11) is 1.22. The minimum absolute atomic E-state index is 0.143. The van der Waals surface area contributed by atoms with Crippen molar-refractivity contribution >= 4 is 40.2 Å². The summed E-state index contributed by atoms with van der Waals surface area (Å²) in [6.07, 6.45) is -1.72. The van der Waals surface area contributed by atoms with E-state index in [9.17, 15) is 13.6 Å². The van der Waals surface area contributed by atoms with Gasteiger partial charge in [0, 0.05) is 9.77 Å². The van der Waals surface area contributed by atoms with Gasteiger partial charge in [-0.25, -0.2) is 8.78 Å². The molecule has 0 aliphatic heterocycles. The average molecular weight is 362 g/mol. The van der Waals surface area contributed by atoms with Crippen LogP contribution in [0.15, 0.2) is 6.20 Å². The molecule has 0 aromatic carbocycles. The number of aromatic nitrogens is 1. The molecule has 0 radical (unpaired) electrons. The predicted molar refractivity (Wildman–Crippen MR) is 62.6 cm³/mol. The molecule has 0 atom stereocenters. The second-order valence-electron chi connectivity index (χ2n) is 2.84. The number of methoxy groups -OCH3 is 1. The number of alkyl halides is 2. The molecule has 0 bridgehead atoms. The molecule has 1 heterocycles. The number of carbonyl (C=O) groups excluding carboxylic acids is 1. The molecule has 0 unspecified atom stereocenters. The summed E-state index contributed by atoms with van der Waals surface area (Å²) in [5, 5.41) is 0.180. The molecule has 0 saturated carbocycles. The number of pyridine rings is 1. The minimum Gasteiger partial charge on any atom is -0.469 e. The number of carbonyl (C=O) groups is 1. The Morgan fingerprint density at radius 2 is 2.31 bits per heavy atom. The molecule has 0 amide bonds. The monoisotopic (exact) mass is 361 g/mol. The van der Waals surface area contributed by atoms with Crippen molar-refractivity contribution in [3.05, 3.63) is 26.0 Å². The van der Waals surface area contributed by atoms with Gasteiger partial charge < -0.3 is 4.74 Å². The van der Waals surface area contributed by atoms with Gasteiger partial charge in [-0.2, -0.15) is 0 Å². The van der Waals surface area contributed by atoms with Crippen molar-refractivity contribution in [1.82, 2.24) is 4.98 Å². The number of ether oxygens (including phenoxy) is 1. The van der Waals surface area contributed by atoms with Crippen molar-refractivity contribution in [2.24, 2.45) is 0 Å². The molecule has 3 nitrogen and oxygen atoms in total. The first-order chi connectivity index (χ1) is 7.47. The van der Waals surface area contributed by atoms with Crippen molar-refractivity contribution in [3.63, 3.8) is 0 Å². The Balaban J connectivity index is 3.16. The van der Waals surface area contributed by atoms with Crippen LogP contribution in [0.1, 0.15) is 17.7 Å². The SMILES string of the molecule is COC(=O)Cc1c(Cl)cnc(C(F)F)c1I. The third-order valence-corrected chi connectivity index (χ3v) is 3.38. The number of nitrogens with zero attached hydrogens (tertiary/aromatic N) is 1.